The summed E-state index contributed by atoms with van der Waals surface area (Å²) in [6, 6.07) is 15.1. The van der Waals surface area contributed by atoms with E-state index in [2.05, 4.69) is 4.98 Å². The van der Waals surface area contributed by atoms with E-state index in [0.29, 0.717) is 17.3 Å². The van der Waals surface area contributed by atoms with Crippen molar-refractivity contribution in [2.24, 2.45) is 0 Å². The highest BCUT2D eigenvalue weighted by Gasteiger charge is 2.05. The summed E-state index contributed by atoms with van der Waals surface area (Å²) in [4.78, 5) is 4.30. The normalized spacial score (nSPS) is 10.7. The minimum Gasteiger partial charge on any atom is -0.488 e. The van der Waals surface area contributed by atoms with Crippen LogP contribution in [0.25, 0.3) is 10.9 Å². The van der Waals surface area contributed by atoms with E-state index in [1.165, 1.54) is 0 Å². The maximum absolute atomic E-state index is 6.14. The molecule has 0 saturated heterocycles. The molecule has 0 spiro atoms. The number of ether oxygens (including phenoxy) is 1. The summed E-state index contributed by atoms with van der Waals surface area (Å²) < 4.78 is 5.86. The summed E-state index contributed by atoms with van der Waals surface area (Å²) in [5.74, 6) is 0.795. The average molecular weight is 285 g/mol. The standard InChI is InChI=1S/C16H13ClN2O/c17-14-9-12(18)7-6-11(14)10-20-16-5-1-4-15-13(16)3-2-8-19-15/h1-9H,10,18H2. The number of nitrogens with zero attached hydrogens (tertiary/aromatic N) is 1. The first-order valence-corrected chi connectivity index (χ1v) is 6.62. The van der Waals surface area contributed by atoms with Crippen molar-refractivity contribution in [2.75, 3.05) is 5.73 Å². The molecule has 0 atom stereocenters. The molecule has 0 saturated carbocycles. The van der Waals surface area contributed by atoms with Gasteiger partial charge in [-0.3, -0.25) is 4.98 Å². The molecule has 0 aliphatic carbocycles. The molecule has 3 nitrogen and oxygen atoms in total. The molecular formula is C16H13ClN2O. The van der Waals surface area contributed by atoms with Gasteiger partial charge in [-0.15, -0.1) is 0 Å². The minimum atomic E-state index is 0.396. The number of rotatable bonds is 3. The summed E-state index contributed by atoms with van der Waals surface area (Å²) in [5.41, 5.74) is 8.14. The molecule has 2 N–H and O–H groups in total. The number of fused-ring (bicyclic) bond motifs is 1. The van der Waals surface area contributed by atoms with Gasteiger partial charge < -0.3 is 10.5 Å². The number of nitrogen functional groups attached to an aromatic ring is 1. The van der Waals surface area contributed by atoms with Gasteiger partial charge in [-0.1, -0.05) is 23.7 Å². The number of halogens is 1. The lowest BCUT2D eigenvalue weighted by Gasteiger charge is -2.10. The molecule has 0 fully saturated rings. The van der Waals surface area contributed by atoms with Crippen molar-refractivity contribution >= 4 is 28.2 Å². The summed E-state index contributed by atoms with van der Waals surface area (Å²) in [5, 5.41) is 1.60. The zero-order valence-corrected chi connectivity index (χ0v) is 11.5. The highest BCUT2D eigenvalue weighted by molar-refractivity contribution is 6.31. The van der Waals surface area contributed by atoms with Gasteiger partial charge in [0.2, 0.25) is 0 Å². The zero-order chi connectivity index (χ0) is 13.9. The second-order valence-corrected chi connectivity index (χ2v) is 4.87. The van der Waals surface area contributed by atoms with Crippen LogP contribution >= 0.6 is 11.6 Å². The minimum absolute atomic E-state index is 0.396. The lowest BCUT2D eigenvalue weighted by molar-refractivity contribution is 0.310. The third kappa shape index (κ3) is 2.53. The Morgan fingerprint density at radius 3 is 2.85 bits per heavy atom. The first kappa shape index (κ1) is 12.8. The van der Waals surface area contributed by atoms with Crippen molar-refractivity contribution in [3.8, 4) is 5.75 Å². The fourth-order valence-electron chi connectivity index (χ4n) is 2.04. The number of anilines is 1. The molecule has 3 rings (SSSR count). The molecule has 0 aliphatic heterocycles. The SMILES string of the molecule is Nc1ccc(COc2cccc3ncccc23)c(Cl)c1. The fraction of sp³-hybridized carbons (Fsp3) is 0.0625. The summed E-state index contributed by atoms with van der Waals surface area (Å²) in [7, 11) is 0. The Labute approximate surface area is 122 Å². The molecule has 0 radical (unpaired) electrons. The Balaban J connectivity index is 1.87. The molecule has 3 aromatic rings. The van der Waals surface area contributed by atoms with Crippen LogP contribution in [0.1, 0.15) is 5.56 Å². The lowest BCUT2D eigenvalue weighted by atomic mass is 10.2. The number of hydrogen-bond donors (Lipinski definition) is 1. The molecule has 1 aromatic heterocycles. The molecule has 1 heterocycles. The molecule has 100 valence electrons. The van der Waals surface area contributed by atoms with Crippen LogP contribution in [0.15, 0.2) is 54.7 Å². The quantitative estimate of drug-likeness (QED) is 0.738. The lowest BCUT2D eigenvalue weighted by Crippen LogP contribution is -1.98. The van der Waals surface area contributed by atoms with Crippen LogP contribution in [0.4, 0.5) is 5.69 Å². The third-order valence-electron chi connectivity index (χ3n) is 3.07. The van der Waals surface area contributed by atoms with Gasteiger partial charge in [0, 0.05) is 27.9 Å². The maximum Gasteiger partial charge on any atom is 0.129 e. The Hall–Kier alpha value is -2.26. The monoisotopic (exact) mass is 284 g/mol. The van der Waals surface area contributed by atoms with E-state index < -0.39 is 0 Å². The van der Waals surface area contributed by atoms with Crippen molar-refractivity contribution in [1.82, 2.24) is 4.98 Å². The number of nitrogens with two attached hydrogens (primary N) is 1. The van der Waals surface area contributed by atoms with Gasteiger partial charge in [0.05, 0.1) is 5.52 Å². The number of hydrogen-bond acceptors (Lipinski definition) is 3. The van der Waals surface area contributed by atoms with Crippen LogP contribution in [0.3, 0.4) is 0 Å². The number of pyridine rings is 1. The molecule has 4 heteroatoms. The van der Waals surface area contributed by atoms with Gasteiger partial charge in [0.1, 0.15) is 12.4 Å². The molecule has 0 bridgehead atoms. The predicted octanol–water partition coefficient (Wildman–Crippen LogP) is 4.05. The van der Waals surface area contributed by atoms with E-state index in [4.69, 9.17) is 22.1 Å². The Morgan fingerprint density at radius 1 is 1.10 bits per heavy atom. The predicted molar refractivity (Wildman–Crippen MR) is 81.9 cm³/mol. The van der Waals surface area contributed by atoms with Crippen LogP contribution in [-0.4, -0.2) is 4.98 Å². The molecular weight excluding hydrogens is 272 g/mol. The Morgan fingerprint density at radius 2 is 2.00 bits per heavy atom. The summed E-state index contributed by atoms with van der Waals surface area (Å²) in [6.45, 7) is 0.396. The Kier molecular flexibility index (Phi) is 3.44. The molecule has 0 unspecified atom stereocenters. The van der Waals surface area contributed by atoms with Crippen molar-refractivity contribution < 1.29 is 4.74 Å². The van der Waals surface area contributed by atoms with Crippen LogP contribution in [-0.2, 0) is 6.61 Å². The molecule has 0 aliphatic rings. The van der Waals surface area contributed by atoms with Gasteiger partial charge in [0.15, 0.2) is 0 Å². The van der Waals surface area contributed by atoms with Gasteiger partial charge in [-0.05, 0) is 36.4 Å². The van der Waals surface area contributed by atoms with E-state index in [-0.39, 0.29) is 0 Å². The van der Waals surface area contributed by atoms with E-state index in [1.54, 1.807) is 12.3 Å². The molecule has 0 amide bonds. The first-order valence-electron chi connectivity index (χ1n) is 6.24. The molecule has 20 heavy (non-hydrogen) atoms. The van der Waals surface area contributed by atoms with Crippen LogP contribution in [0, 0.1) is 0 Å². The van der Waals surface area contributed by atoms with E-state index in [0.717, 1.165) is 22.2 Å². The Bertz CT molecular complexity index is 753. The second-order valence-electron chi connectivity index (χ2n) is 4.47. The number of aromatic nitrogens is 1. The van der Waals surface area contributed by atoms with E-state index in [1.807, 2.05) is 42.5 Å². The van der Waals surface area contributed by atoms with Crippen LogP contribution in [0.2, 0.25) is 5.02 Å². The highest BCUT2D eigenvalue weighted by Crippen LogP contribution is 2.26. The zero-order valence-electron chi connectivity index (χ0n) is 10.7. The molecule has 2 aromatic carbocycles. The topological polar surface area (TPSA) is 48.1 Å². The largest absolute Gasteiger partial charge is 0.488 e. The summed E-state index contributed by atoms with van der Waals surface area (Å²) >= 11 is 6.14. The van der Waals surface area contributed by atoms with Gasteiger partial charge in [0.25, 0.3) is 0 Å². The van der Waals surface area contributed by atoms with Crippen molar-refractivity contribution in [1.29, 1.82) is 0 Å². The average Bonchev–Trinajstić information content (AvgIpc) is 2.46. The second kappa shape index (κ2) is 5.39. The van der Waals surface area contributed by atoms with Crippen molar-refractivity contribution in [3.63, 3.8) is 0 Å². The first-order chi connectivity index (χ1) is 9.74. The van der Waals surface area contributed by atoms with Gasteiger partial charge in [-0.25, -0.2) is 0 Å². The van der Waals surface area contributed by atoms with E-state index >= 15 is 0 Å². The smallest absolute Gasteiger partial charge is 0.129 e. The van der Waals surface area contributed by atoms with Gasteiger partial charge in [-0.2, -0.15) is 0 Å². The van der Waals surface area contributed by atoms with Crippen LogP contribution < -0.4 is 10.5 Å². The van der Waals surface area contributed by atoms with Crippen LogP contribution in [0.5, 0.6) is 5.75 Å². The highest BCUT2D eigenvalue weighted by atomic mass is 35.5. The fourth-order valence-corrected chi connectivity index (χ4v) is 2.28. The summed E-state index contributed by atoms with van der Waals surface area (Å²) in [6.07, 6.45) is 1.77. The third-order valence-corrected chi connectivity index (χ3v) is 3.42. The maximum atomic E-state index is 6.14. The van der Waals surface area contributed by atoms with E-state index in [9.17, 15) is 0 Å². The van der Waals surface area contributed by atoms with Crippen molar-refractivity contribution in [2.45, 2.75) is 6.61 Å². The number of benzene rings is 2. The van der Waals surface area contributed by atoms with Gasteiger partial charge >= 0.3 is 0 Å². The van der Waals surface area contributed by atoms with Crippen molar-refractivity contribution in [3.05, 3.63) is 65.3 Å².